The lowest BCUT2D eigenvalue weighted by molar-refractivity contribution is 0.0691. The number of ether oxygens (including phenoxy) is 2. The maximum absolute atomic E-state index is 11.1. The van der Waals surface area contributed by atoms with Crippen LogP contribution in [-0.2, 0) is 6.61 Å². The number of carbonyl (C=O) groups is 1. The zero-order chi connectivity index (χ0) is 17.8. The fourth-order valence-electron chi connectivity index (χ4n) is 2.19. The molecule has 0 aliphatic heterocycles. The number of thiazole rings is 1. The molecule has 1 aromatic heterocycles. The van der Waals surface area contributed by atoms with Crippen LogP contribution < -0.4 is 9.47 Å². The van der Waals surface area contributed by atoms with Crippen LogP contribution >= 0.6 is 22.9 Å². The van der Waals surface area contributed by atoms with Crippen molar-refractivity contribution in [2.24, 2.45) is 0 Å². The van der Waals surface area contributed by atoms with Crippen molar-refractivity contribution < 1.29 is 19.4 Å². The Hall–Kier alpha value is -2.57. The monoisotopic (exact) mass is 375 g/mol. The van der Waals surface area contributed by atoms with Gasteiger partial charge in [-0.3, -0.25) is 0 Å². The van der Waals surface area contributed by atoms with Gasteiger partial charge in [-0.1, -0.05) is 29.8 Å². The first-order valence-corrected chi connectivity index (χ1v) is 8.57. The Morgan fingerprint density at radius 3 is 2.76 bits per heavy atom. The summed E-state index contributed by atoms with van der Waals surface area (Å²) in [6.07, 6.45) is 0. The third-order valence-corrected chi connectivity index (χ3v) is 4.73. The normalized spacial score (nSPS) is 10.5. The summed E-state index contributed by atoms with van der Waals surface area (Å²) in [5.41, 5.74) is 1.56. The Bertz CT molecular complexity index is 910. The first-order chi connectivity index (χ1) is 12.1. The van der Waals surface area contributed by atoms with E-state index in [0.717, 1.165) is 5.56 Å². The fraction of sp³-hybridized carbons (Fsp3) is 0.111. The highest BCUT2D eigenvalue weighted by Crippen LogP contribution is 2.36. The molecule has 0 radical (unpaired) electrons. The molecular formula is C18H14ClNO4S. The zero-order valence-corrected chi connectivity index (χ0v) is 14.8. The van der Waals surface area contributed by atoms with E-state index in [1.807, 2.05) is 18.2 Å². The Kier molecular flexibility index (Phi) is 5.21. The summed E-state index contributed by atoms with van der Waals surface area (Å²) in [7, 11) is 1.57. The van der Waals surface area contributed by atoms with Gasteiger partial charge in [0, 0.05) is 22.0 Å². The van der Waals surface area contributed by atoms with Gasteiger partial charge in [-0.15, -0.1) is 11.3 Å². The second-order valence-corrected chi connectivity index (χ2v) is 6.35. The molecule has 5 nitrogen and oxygen atoms in total. The van der Waals surface area contributed by atoms with Crippen molar-refractivity contribution in [1.82, 2.24) is 4.98 Å². The van der Waals surface area contributed by atoms with E-state index in [4.69, 9.17) is 26.2 Å². The van der Waals surface area contributed by atoms with Crippen molar-refractivity contribution in [3.63, 3.8) is 0 Å². The van der Waals surface area contributed by atoms with Gasteiger partial charge in [0.05, 0.1) is 12.7 Å². The summed E-state index contributed by atoms with van der Waals surface area (Å²) < 4.78 is 11.2. The van der Waals surface area contributed by atoms with Crippen LogP contribution in [0.25, 0.3) is 10.6 Å². The van der Waals surface area contributed by atoms with Crippen LogP contribution in [0, 0.1) is 0 Å². The average Bonchev–Trinajstić information content (AvgIpc) is 3.11. The van der Waals surface area contributed by atoms with Crippen molar-refractivity contribution in [3.05, 3.63) is 64.1 Å². The number of hydrogen-bond acceptors (Lipinski definition) is 5. The third-order valence-electron chi connectivity index (χ3n) is 3.48. The molecule has 3 aromatic rings. The summed E-state index contributed by atoms with van der Waals surface area (Å²) >= 11 is 7.41. The molecule has 25 heavy (non-hydrogen) atoms. The molecule has 0 unspecified atom stereocenters. The second-order valence-electron chi connectivity index (χ2n) is 5.09. The van der Waals surface area contributed by atoms with Gasteiger partial charge in [0.1, 0.15) is 23.1 Å². The molecule has 1 heterocycles. The number of nitrogens with zero attached hydrogens (tertiary/aromatic N) is 1. The van der Waals surface area contributed by atoms with Crippen molar-refractivity contribution in [1.29, 1.82) is 0 Å². The Morgan fingerprint density at radius 1 is 1.28 bits per heavy atom. The number of aromatic nitrogens is 1. The van der Waals surface area contributed by atoms with Gasteiger partial charge < -0.3 is 14.6 Å². The summed E-state index contributed by atoms with van der Waals surface area (Å²) in [5.74, 6) is 0.119. The number of methoxy groups -OCH3 is 1. The van der Waals surface area contributed by atoms with Crippen LogP contribution in [0.15, 0.2) is 47.8 Å². The third kappa shape index (κ3) is 3.92. The van der Waals surface area contributed by atoms with E-state index in [1.54, 1.807) is 31.4 Å². The molecule has 1 N–H and O–H groups in total. The van der Waals surface area contributed by atoms with E-state index in [2.05, 4.69) is 4.98 Å². The number of benzene rings is 2. The number of carboxylic acid groups (broad SMARTS) is 1. The smallest absolute Gasteiger partial charge is 0.355 e. The molecule has 3 rings (SSSR count). The van der Waals surface area contributed by atoms with E-state index in [0.29, 0.717) is 27.1 Å². The quantitative estimate of drug-likeness (QED) is 0.673. The number of halogens is 1. The molecule has 0 saturated carbocycles. The van der Waals surface area contributed by atoms with Crippen molar-refractivity contribution >= 4 is 28.9 Å². The minimum Gasteiger partial charge on any atom is -0.497 e. The molecule has 0 spiro atoms. The highest BCUT2D eigenvalue weighted by Gasteiger charge is 2.15. The molecule has 7 heteroatoms. The molecular weight excluding hydrogens is 362 g/mol. The maximum atomic E-state index is 11.1. The van der Waals surface area contributed by atoms with Gasteiger partial charge in [0.25, 0.3) is 0 Å². The molecule has 0 aliphatic rings. The van der Waals surface area contributed by atoms with Crippen molar-refractivity contribution in [2.45, 2.75) is 6.61 Å². The van der Waals surface area contributed by atoms with Crippen LogP contribution in [0.3, 0.4) is 0 Å². The second kappa shape index (κ2) is 7.55. The summed E-state index contributed by atoms with van der Waals surface area (Å²) in [6, 6.07) is 12.7. The standard InChI is InChI=1S/C18H14ClNO4S/c1-23-12-6-7-13(17-20-15(10-25-17)18(21)22)16(8-12)24-9-11-4-2-3-5-14(11)19/h2-8,10H,9H2,1H3,(H,21,22). The van der Waals surface area contributed by atoms with Crippen LogP contribution in [0.5, 0.6) is 11.5 Å². The molecule has 128 valence electrons. The van der Waals surface area contributed by atoms with E-state index in [1.165, 1.54) is 16.7 Å². The summed E-state index contributed by atoms with van der Waals surface area (Å²) in [5, 5.41) is 11.7. The van der Waals surface area contributed by atoms with Gasteiger partial charge in [-0.05, 0) is 18.2 Å². The number of carboxylic acids is 1. The van der Waals surface area contributed by atoms with Gasteiger partial charge in [-0.25, -0.2) is 9.78 Å². The molecule has 2 aromatic carbocycles. The van der Waals surface area contributed by atoms with Crippen LogP contribution in [0.4, 0.5) is 0 Å². The van der Waals surface area contributed by atoms with E-state index in [-0.39, 0.29) is 12.3 Å². The Labute approximate surface area is 153 Å². The molecule has 0 atom stereocenters. The molecule has 0 bridgehead atoms. The first-order valence-electron chi connectivity index (χ1n) is 7.32. The average molecular weight is 376 g/mol. The predicted octanol–water partition coefficient (Wildman–Crippen LogP) is 4.75. The van der Waals surface area contributed by atoms with Crippen molar-refractivity contribution in [2.75, 3.05) is 7.11 Å². The zero-order valence-electron chi connectivity index (χ0n) is 13.2. The van der Waals surface area contributed by atoms with Gasteiger partial charge >= 0.3 is 5.97 Å². The molecule has 0 fully saturated rings. The number of hydrogen-bond donors (Lipinski definition) is 1. The minimum atomic E-state index is -1.06. The number of aromatic carboxylic acids is 1. The number of rotatable bonds is 6. The highest BCUT2D eigenvalue weighted by atomic mass is 35.5. The van der Waals surface area contributed by atoms with Crippen LogP contribution in [-0.4, -0.2) is 23.2 Å². The topological polar surface area (TPSA) is 68.7 Å². The van der Waals surface area contributed by atoms with Gasteiger partial charge in [-0.2, -0.15) is 0 Å². The maximum Gasteiger partial charge on any atom is 0.355 e. The lowest BCUT2D eigenvalue weighted by Crippen LogP contribution is -1.99. The van der Waals surface area contributed by atoms with E-state index < -0.39 is 5.97 Å². The lowest BCUT2D eigenvalue weighted by atomic mass is 10.2. The lowest BCUT2D eigenvalue weighted by Gasteiger charge is -2.12. The minimum absolute atomic E-state index is 0.00729. The van der Waals surface area contributed by atoms with Crippen LogP contribution in [0.1, 0.15) is 16.1 Å². The van der Waals surface area contributed by atoms with E-state index >= 15 is 0 Å². The Morgan fingerprint density at radius 2 is 2.08 bits per heavy atom. The summed E-state index contributed by atoms with van der Waals surface area (Å²) in [6.45, 7) is 0.275. The fourth-order valence-corrected chi connectivity index (χ4v) is 3.21. The summed E-state index contributed by atoms with van der Waals surface area (Å²) in [4.78, 5) is 15.2. The highest BCUT2D eigenvalue weighted by molar-refractivity contribution is 7.13. The largest absolute Gasteiger partial charge is 0.497 e. The molecule has 0 amide bonds. The molecule has 0 saturated heterocycles. The Balaban J connectivity index is 1.93. The van der Waals surface area contributed by atoms with Crippen LogP contribution in [0.2, 0.25) is 5.02 Å². The predicted molar refractivity (Wildman–Crippen MR) is 96.8 cm³/mol. The van der Waals surface area contributed by atoms with Crippen molar-refractivity contribution in [3.8, 4) is 22.1 Å². The molecule has 0 aliphatic carbocycles. The van der Waals surface area contributed by atoms with E-state index in [9.17, 15) is 4.79 Å². The van der Waals surface area contributed by atoms with Gasteiger partial charge in [0.15, 0.2) is 5.69 Å². The SMILES string of the molecule is COc1ccc(-c2nc(C(=O)O)cs2)c(OCc2ccccc2Cl)c1. The first kappa shape index (κ1) is 17.3. The van der Waals surface area contributed by atoms with Gasteiger partial charge in [0.2, 0.25) is 0 Å².